The second-order valence-electron chi connectivity index (χ2n) is 7.56. The molecule has 0 saturated heterocycles. The molecule has 2 rings (SSSR count). The lowest BCUT2D eigenvalue weighted by Crippen LogP contribution is -2.40. The zero-order valence-corrected chi connectivity index (χ0v) is 17.7. The molecule has 0 spiro atoms. The lowest BCUT2D eigenvalue weighted by atomic mass is 10.1. The Labute approximate surface area is 180 Å². The van der Waals surface area contributed by atoms with Gasteiger partial charge in [0.1, 0.15) is 0 Å². The van der Waals surface area contributed by atoms with E-state index in [0.29, 0.717) is 17.3 Å². The third kappa shape index (κ3) is 7.28. The molecule has 0 fully saturated rings. The first-order chi connectivity index (χ1) is 14.3. The van der Waals surface area contributed by atoms with E-state index in [2.05, 4.69) is 10.6 Å². The van der Waals surface area contributed by atoms with Crippen molar-refractivity contribution in [1.82, 2.24) is 5.32 Å². The van der Waals surface area contributed by atoms with E-state index in [1.165, 1.54) is 24.3 Å². The molecule has 166 valence electrons. The summed E-state index contributed by atoms with van der Waals surface area (Å²) in [6, 6.07) is 8.27. The Bertz CT molecular complexity index is 987. The lowest BCUT2D eigenvalue weighted by Gasteiger charge is -2.20. The summed E-state index contributed by atoms with van der Waals surface area (Å²) in [5.74, 6) is -1.03. The van der Waals surface area contributed by atoms with Gasteiger partial charge in [-0.2, -0.15) is 13.2 Å². The highest BCUT2D eigenvalue weighted by atomic mass is 32.2. The zero-order valence-electron chi connectivity index (χ0n) is 16.9. The first-order valence-corrected chi connectivity index (χ1v) is 9.96. The summed E-state index contributed by atoms with van der Waals surface area (Å²) in [6.45, 7) is 5.54. The Morgan fingerprint density at radius 2 is 1.68 bits per heavy atom. The molecule has 2 amide bonds. The number of rotatable bonds is 6. The normalized spacial score (nSPS) is 11.7. The number of amides is 2. The van der Waals surface area contributed by atoms with Crippen molar-refractivity contribution in [1.29, 1.82) is 0 Å². The molecule has 0 radical (unpaired) electrons. The van der Waals surface area contributed by atoms with Crippen molar-refractivity contribution in [2.24, 2.45) is 0 Å². The summed E-state index contributed by atoms with van der Waals surface area (Å²) in [6.07, 6.45) is -4.71. The van der Waals surface area contributed by atoms with Crippen LogP contribution in [-0.4, -0.2) is 28.0 Å². The van der Waals surface area contributed by atoms with Gasteiger partial charge in [-0.05, 0) is 57.2 Å². The van der Waals surface area contributed by atoms with Crippen molar-refractivity contribution < 1.29 is 27.7 Å². The van der Waals surface area contributed by atoms with Crippen LogP contribution in [0.2, 0.25) is 0 Å². The van der Waals surface area contributed by atoms with Crippen LogP contribution in [0, 0.1) is 10.1 Å². The van der Waals surface area contributed by atoms with E-state index in [0.717, 1.165) is 23.9 Å². The zero-order chi connectivity index (χ0) is 23.4. The summed E-state index contributed by atoms with van der Waals surface area (Å²) in [5, 5.41) is 16.5. The first-order valence-electron chi connectivity index (χ1n) is 8.97. The van der Waals surface area contributed by atoms with E-state index in [-0.39, 0.29) is 16.6 Å². The van der Waals surface area contributed by atoms with Crippen molar-refractivity contribution in [3.63, 3.8) is 0 Å². The Kier molecular flexibility index (Phi) is 7.32. The van der Waals surface area contributed by atoms with Crippen molar-refractivity contribution >= 4 is 35.0 Å². The third-order valence-electron chi connectivity index (χ3n) is 3.76. The smallest absolute Gasteiger partial charge is 0.347 e. The predicted octanol–water partition coefficient (Wildman–Crippen LogP) is 4.87. The van der Waals surface area contributed by atoms with Gasteiger partial charge in [-0.3, -0.25) is 19.7 Å². The quantitative estimate of drug-likeness (QED) is 0.368. The molecule has 0 saturated carbocycles. The average Bonchev–Trinajstić information content (AvgIpc) is 2.64. The highest BCUT2D eigenvalue weighted by Crippen LogP contribution is 2.36. The van der Waals surface area contributed by atoms with Crippen LogP contribution in [0.1, 0.15) is 36.7 Å². The molecule has 0 aliphatic rings. The number of benzene rings is 2. The lowest BCUT2D eigenvalue weighted by molar-refractivity contribution is -0.388. The van der Waals surface area contributed by atoms with Gasteiger partial charge < -0.3 is 10.6 Å². The molecular weight excluding hydrogens is 435 g/mol. The van der Waals surface area contributed by atoms with Crippen molar-refractivity contribution in [2.45, 2.75) is 37.4 Å². The Hall–Kier alpha value is -3.08. The SMILES string of the molecule is CC(C)(C)NC(=O)c1ccc(NC(=O)CSc2ccc(C(F)(F)F)cc2[N+](=O)[O-])cc1. The number of anilines is 1. The number of carbonyl (C=O) groups is 2. The fourth-order valence-electron chi connectivity index (χ4n) is 2.42. The minimum atomic E-state index is -4.71. The van der Waals surface area contributed by atoms with Gasteiger partial charge in [0.05, 0.1) is 21.1 Å². The molecule has 0 atom stereocenters. The number of nitro groups is 1. The van der Waals surface area contributed by atoms with Crippen LogP contribution in [-0.2, 0) is 11.0 Å². The molecule has 0 aromatic heterocycles. The molecule has 0 aliphatic carbocycles. The molecular formula is C20H20F3N3O4S. The number of halogens is 3. The van der Waals surface area contributed by atoms with Gasteiger partial charge in [-0.25, -0.2) is 0 Å². The second-order valence-corrected chi connectivity index (χ2v) is 8.57. The number of thioether (sulfide) groups is 1. The van der Waals surface area contributed by atoms with E-state index in [1.54, 1.807) is 0 Å². The number of hydrogen-bond donors (Lipinski definition) is 2. The first kappa shape index (κ1) is 24.2. The van der Waals surface area contributed by atoms with Crippen LogP contribution in [0.5, 0.6) is 0 Å². The van der Waals surface area contributed by atoms with Crippen molar-refractivity contribution in [3.05, 3.63) is 63.7 Å². The molecule has 31 heavy (non-hydrogen) atoms. The molecule has 2 aromatic rings. The van der Waals surface area contributed by atoms with Gasteiger partial charge in [-0.15, -0.1) is 11.8 Å². The van der Waals surface area contributed by atoms with Crippen LogP contribution in [0.15, 0.2) is 47.4 Å². The summed E-state index contributed by atoms with van der Waals surface area (Å²) in [5.41, 5.74) is -1.45. The maximum Gasteiger partial charge on any atom is 0.416 e. The van der Waals surface area contributed by atoms with Gasteiger partial charge in [-0.1, -0.05) is 0 Å². The maximum atomic E-state index is 12.8. The number of nitrogens with one attached hydrogen (secondary N) is 2. The second kappa shape index (κ2) is 9.38. The average molecular weight is 455 g/mol. The summed E-state index contributed by atoms with van der Waals surface area (Å²) >= 11 is 0.751. The number of nitro benzene ring substituents is 1. The van der Waals surface area contributed by atoms with Gasteiger partial charge in [0.2, 0.25) is 5.91 Å². The topological polar surface area (TPSA) is 101 Å². The molecule has 2 aromatic carbocycles. The molecule has 2 N–H and O–H groups in total. The molecule has 11 heteroatoms. The third-order valence-corrected chi connectivity index (χ3v) is 4.82. The van der Waals surface area contributed by atoms with E-state index in [9.17, 15) is 32.9 Å². The molecule has 0 bridgehead atoms. The van der Waals surface area contributed by atoms with Gasteiger partial charge >= 0.3 is 6.18 Å². The maximum absolute atomic E-state index is 12.8. The van der Waals surface area contributed by atoms with Crippen LogP contribution < -0.4 is 10.6 Å². The highest BCUT2D eigenvalue weighted by Gasteiger charge is 2.33. The van der Waals surface area contributed by atoms with Crippen LogP contribution in [0.25, 0.3) is 0 Å². The van der Waals surface area contributed by atoms with E-state index < -0.39 is 33.8 Å². The standard InChI is InChI=1S/C20H20F3N3O4S/c1-19(2,3)25-18(28)12-4-7-14(8-5-12)24-17(27)11-31-16-9-6-13(20(21,22)23)10-15(16)26(29)30/h4-10H,11H2,1-3H3,(H,24,27)(H,25,28). The van der Waals surface area contributed by atoms with Gasteiger partial charge in [0.25, 0.3) is 11.6 Å². The van der Waals surface area contributed by atoms with Crippen LogP contribution in [0.3, 0.4) is 0 Å². The Balaban J connectivity index is 2.01. The number of alkyl halides is 3. The molecule has 0 heterocycles. The van der Waals surface area contributed by atoms with Gasteiger partial charge in [0, 0.05) is 22.9 Å². The molecule has 0 unspecified atom stereocenters. The minimum absolute atomic E-state index is 0.0534. The van der Waals surface area contributed by atoms with Gasteiger partial charge in [0.15, 0.2) is 0 Å². The summed E-state index contributed by atoms with van der Waals surface area (Å²) in [7, 11) is 0. The van der Waals surface area contributed by atoms with Crippen molar-refractivity contribution in [2.75, 3.05) is 11.1 Å². The molecule has 7 nitrogen and oxygen atoms in total. The van der Waals surface area contributed by atoms with Crippen LogP contribution >= 0.6 is 11.8 Å². The fourth-order valence-corrected chi connectivity index (χ4v) is 3.22. The van der Waals surface area contributed by atoms with Crippen LogP contribution in [0.4, 0.5) is 24.5 Å². The summed E-state index contributed by atoms with van der Waals surface area (Å²) < 4.78 is 38.3. The fraction of sp³-hybridized carbons (Fsp3) is 0.300. The van der Waals surface area contributed by atoms with E-state index in [4.69, 9.17) is 0 Å². The largest absolute Gasteiger partial charge is 0.416 e. The predicted molar refractivity (Wildman–Crippen MR) is 111 cm³/mol. The minimum Gasteiger partial charge on any atom is -0.347 e. The summed E-state index contributed by atoms with van der Waals surface area (Å²) in [4.78, 5) is 34.4. The number of hydrogen-bond acceptors (Lipinski definition) is 5. The monoisotopic (exact) mass is 455 g/mol. The van der Waals surface area contributed by atoms with Crippen molar-refractivity contribution in [3.8, 4) is 0 Å². The Morgan fingerprint density at radius 1 is 1.06 bits per heavy atom. The number of nitrogens with zero attached hydrogens (tertiary/aromatic N) is 1. The Morgan fingerprint density at radius 3 is 2.19 bits per heavy atom. The van der Waals surface area contributed by atoms with E-state index >= 15 is 0 Å². The number of carbonyl (C=O) groups excluding carboxylic acids is 2. The highest BCUT2D eigenvalue weighted by molar-refractivity contribution is 8.00. The molecule has 0 aliphatic heterocycles. The van der Waals surface area contributed by atoms with E-state index in [1.807, 2.05) is 20.8 Å².